The van der Waals surface area contributed by atoms with Crippen LogP contribution in [0.5, 0.6) is 0 Å². The highest BCUT2D eigenvalue weighted by atomic mass is 16.1. The lowest BCUT2D eigenvalue weighted by molar-refractivity contribution is 0.104. The number of ketones is 1. The Morgan fingerprint density at radius 1 is 1.11 bits per heavy atom. The van der Waals surface area contributed by atoms with Gasteiger partial charge in [-0.1, -0.05) is 37.3 Å². The second-order valence-corrected chi connectivity index (χ2v) is 4.56. The Balaban J connectivity index is 2.27. The molecule has 0 saturated carbocycles. The standard InChI is InChI=1S/C16H15NO/c1-2-10-17-13-8-6-11-4-3-5-12-7-9-14(18)16(13)15(11)12/h3-9,17H,2,10H2,1H3. The van der Waals surface area contributed by atoms with Crippen LogP contribution in [0.15, 0.2) is 36.4 Å². The molecule has 0 radical (unpaired) electrons. The summed E-state index contributed by atoms with van der Waals surface area (Å²) in [5.41, 5.74) is 2.90. The van der Waals surface area contributed by atoms with Crippen LogP contribution in [0.3, 0.4) is 0 Å². The minimum atomic E-state index is 0.0953. The minimum absolute atomic E-state index is 0.0953. The Labute approximate surface area is 106 Å². The Morgan fingerprint density at radius 3 is 2.83 bits per heavy atom. The maximum Gasteiger partial charge on any atom is 0.188 e. The summed E-state index contributed by atoms with van der Waals surface area (Å²) in [4.78, 5) is 12.1. The number of carbonyl (C=O) groups excluding carboxylic acids is 1. The van der Waals surface area contributed by atoms with E-state index in [2.05, 4.69) is 30.4 Å². The fourth-order valence-corrected chi connectivity index (χ4v) is 2.46. The average molecular weight is 237 g/mol. The molecular formula is C16H15NO. The molecule has 0 bridgehead atoms. The van der Waals surface area contributed by atoms with Gasteiger partial charge in [-0.25, -0.2) is 0 Å². The van der Waals surface area contributed by atoms with Crippen LogP contribution in [-0.4, -0.2) is 12.3 Å². The fourth-order valence-electron chi connectivity index (χ4n) is 2.46. The monoisotopic (exact) mass is 237 g/mol. The third-order valence-electron chi connectivity index (χ3n) is 3.30. The number of allylic oxidation sites excluding steroid dienone is 1. The minimum Gasteiger partial charge on any atom is -0.384 e. The van der Waals surface area contributed by atoms with Gasteiger partial charge in [0.2, 0.25) is 0 Å². The molecule has 0 heterocycles. The van der Waals surface area contributed by atoms with Crippen molar-refractivity contribution in [3.05, 3.63) is 47.5 Å². The number of anilines is 1. The van der Waals surface area contributed by atoms with Crippen LogP contribution >= 0.6 is 0 Å². The topological polar surface area (TPSA) is 29.1 Å². The summed E-state index contributed by atoms with van der Waals surface area (Å²) >= 11 is 0. The van der Waals surface area contributed by atoms with Gasteiger partial charge < -0.3 is 5.32 Å². The summed E-state index contributed by atoms with van der Waals surface area (Å²) in [5.74, 6) is 0.0953. The smallest absolute Gasteiger partial charge is 0.188 e. The molecule has 0 aliphatic heterocycles. The van der Waals surface area contributed by atoms with Gasteiger partial charge in [0.25, 0.3) is 0 Å². The van der Waals surface area contributed by atoms with E-state index in [1.807, 2.05) is 18.2 Å². The van der Waals surface area contributed by atoms with E-state index in [1.54, 1.807) is 6.08 Å². The highest BCUT2D eigenvalue weighted by Crippen LogP contribution is 2.33. The van der Waals surface area contributed by atoms with E-state index < -0.39 is 0 Å². The van der Waals surface area contributed by atoms with Crippen molar-refractivity contribution >= 4 is 28.3 Å². The Hall–Kier alpha value is -2.09. The van der Waals surface area contributed by atoms with Crippen molar-refractivity contribution in [2.45, 2.75) is 13.3 Å². The Morgan fingerprint density at radius 2 is 2.00 bits per heavy atom. The van der Waals surface area contributed by atoms with Crippen molar-refractivity contribution < 1.29 is 4.79 Å². The van der Waals surface area contributed by atoms with E-state index in [1.165, 1.54) is 0 Å². The zero-order valence-electron chi connectivity index (χ0n) is 10.4. The van der Waals surface area contributed by atoms with Crippen LogP contribution in [0.2, 0.25) is 0 Å². The molecule has 18 heavy (non-hydrogen) atoms. The number of carbonyl (C=O) groups is 1. The molecule has 0 saturated heterocycles. The third kappa shape index (κ3) is 1.61. The van der Waals surface area contributed by atoms with Crippen LogP contribution in [0, 0.1) is 0 Å². The first-order valence-corrected chi connectivity index (χ1v) is 6.33. The molecule has 2 nitrogen and oxygen atoms in total. The van der Waals surface area contributed by atoms with Gasteiger partial charge >= 0.3 is 0 Å². The van der Waals surface area contributed by atoms with Gasteiger partial charge in [-0.05, 0) is 29.5 Å². The van der Waals surface area contributed by atoms with Crippen molar-refractivity contribution in [3.63, 3.8) is 0 Å². The molecule has 0 atom stereocenters. The number of rotatable bonds is 3. The first-order valence-electron chi connectivity index (χ1n) is 6.33. The van der Waals surface area contributed by atoms with Gasteiger partial charge in [0.15, 0.2) is 5.78 Å². The SMILES string of the molecule is CCCNc1ccc2cccc3c2c1C(=O)C=C3. The molecule has 3 rings (SSSR count). The van der Waals surface area contributed by atoms with Gasteiger partial charge in [0.1, 0.15) is 0 Å². The lowest BCUT2D eigenvalue weighted by Crippen LogP contribution is -2.09. The van der Waals surface area contributed by atoms with Crippen LogP contribution in [0.4, 0.5) is 5.69 Å². The second kappa shape index (κ2) is 4.30. The molecular weight excluding hydrogens is 222 g/mol. The fraction of sp³-hybridized carbons (Fsp3) is 0.188. The van der Waals surface area contributed by atoms with Crippen molar-refractivity contribution in [3.8, 4) is 0 Å². The van der Waals surface area contributed by atoms with Crippen molar-refractivity contribution in [1.82, 2.24) is 0 Å². The largest absolute Gasteiger partial charge is 0.384 e. The summed E-state index contributed by atoms with van der Waals surface area (Å²) < 4.78 is 0. The molecule has 0 amide bonds. The highest BCUT2D eigenvalue weighted by molar-refractivity contribution is 6.23. The zero-order valence-corrected chi connectivity index (χ0v) is 10.4. The molecule has 0 spiro atoms. The highest BCUT2D eigenvalue weighted by Gasteiger charge is 2.18. The van der Waals surface area contributed by atoms with Crippen LogP contribution in [-0.2, 0) is 0 Å². The van der Waals surface area contributed by atoms with Gasteiger partial charge in [-0.15, -0.1) is 0 Å². The number of nitrogens with one attached hydrogen (secondary N) is 1. The Bertz CT molecular complexity index is 655. The third-order valence-corrected chi connectivity index (χ3v) is 3.30. The molecule has 1 aliphatic carbocycles. The maximum absolute atomic E-state index is 12.1. The lowest BCUT2D eigenvalue weighted by atomic mass is 9.91. The molecule has 1 N–H and O–H groups in total. The molecule has 1 aliphatic rings. The molecule has 0 unspecified atom stereocenters. The quantitative estimate of drug-likeness (QED) is 0.878. The van der Waals surface area contributed by atoms with Crippen molar-refractivity contribution in [2.75, 3.05) is 11.9 Å². The van der Waals surface area contributed by atoms with Crippen LogP contribution in [0.1, 0.15) is 29.3 Å². The molecule has 90 valence electrons. The number of benzene rings is 2. The summed E-state index contributed by atoms with van der Waals surface area (Å²) in [5, 5.41) is 5.54. The van der Waals surface area contributed by atoms with Crippen molar-refractivity contribution in [1.29, 1.82) is 0 Å². The predicted molar refractivity (Wildman–Crippen MR) is 76.1 cm³/mol. The molecule has 0 aromatic heterocycles. The first-order chi connectivity index (χ1) is 8.81. The van der Waals surface area contributed by atoms with Crippen molar-refractivity contribution in [2.24, 2.45) is 0 Å². The molecule has 2 aromatic carbocycles. The number of hydrogen-bond donors (Lipinski definition) is 1. The van der Waals surface area contributed by atoms with Crippen LogP contribution in [0.25, 0.3) is 16.8 Å². The summed E-state index contributed by atoms with van der Waals surface area (Å²) in [6, 6.07) is 10.2. The summed E-state index contributed by atoms with van der Waals surface area (Å²) in [6.07, 6.45) is 4.61. The molecule has 2 aromatic rings. The van der Waals surface area contributed by atoms with Gasteiger partial charge in [-0.3, -0.25) is 4.79 Å². The zero-order chi connectivity index (χ0) is 12.5. The average Bonchev–Trinajstić information content (AvgIpc) is 2.41. The maximum atomic E-state index is 12.1. The normalized spacial score (nSPS) is 13.1. The van der Waals surface area contributed by atoms with E-state index in [0.29, 0.717) is 0 Å². The second-order valence-electron chi connectivity index (χ2n) is 4.56. The van der Waals surface area contributed by atoms with Gasteiger partial charge in [-0.2, -0.15) is 0 Å². The van der Waals surface area contributed by atoms with Gasteiger partial charge in [0, 0.05) is 17.6 Å². The van der Waals surface area contributed by atoms with E-state index in [4.69, 9.17) is 0 Å². The first kappa shape index (κ1) is 11.0. The molecule has 0 fully saturated rings. The van der Waals surface area contributed by atoms with Crippen LogP contribution < -0.4 is 5.32 Å². The van der Waals surface area contributed by atoms with E-state index in [0.717, 1.165) is 40.6 Å². The van der Waals surface area contributed by atoms with E-state index >= 15 is 0 Å². The summed E-state index contributed by atoms with van der Waals surface area (Å²) in [7, 11) is 0. The molecule has 2 heteroatoms. The predicted octanol–water partition coefficient (Wildman–Crippen LogP) is 3.87. The number of hydrogen-bond acceptors (Lipinski definition) is 2. The summed E-state index contributed by atoms with van der Waals surface area (Å²) in [6.45, 7) is 3.00. The lowest BCUT2D eigenvalue weighted by Gasteiger charge is -2.16. The van der Waals surface area contributed by atoms with Gasteiger partial charge in [0.05, 0.1) is 5.56 Å². The van der Waals surface area contributed by atoms with E-state index in [9.17, 15) is 4.79 Å². The Kier molecular flexibility index (Phi) is 2.63. The van der Waals surface area contributed by atoms with E-state index in [-0.39, 0.29) is 5.78 Å².